The molecule has 0 fully saturated rings. The molecule has 0 bridgehead atoms. The number of aromatic nitrogens is 1. The minimum absolute atomic E-state index is 0.221. The molecule has 0 saturated heterocycles. The van der Waals surface area contributed by atoms with Gasteiger partial charge in [-0.1, -0.05) is 0 Å². The van der Waals surface area contributed by atoms with E-state index in [1.807, 2.05) is 20.0 Å². The summed E-state index contributed by atoms with van der Waals surface area (Å²) in [7, 11) is 1.88. The van der Waals surface area contributed by atoms with E-state index in [1.165, 1.54) is 13.8 Å². The number of hydrogen-bond donors (Lipinski definition) is 1. The van der Waals surface area contributed by atoms with Gasteiger partial charge in [-0.2, -0.15) is 0 Å². The van der Waals surface area contributed by atoms with Gasteiger partial charge in [-0.15, -0.1) is 0 Å². The third-order valence-electron chi connectivity index (χ3n) is 2.33. The van der Waals surface area contributed by atoms with E-state index in [0.717, 1.165) is 5.56 Å². The normalized spacial score (nSPS) is 14.1. The highest BCUT2D eigenvalue weighted by atomic mass is 19.1. The maximum absolute atomic E-state index is 13.6. The number of pyridine rings is 1. The monoisotopic (exact) mass is 196 g/mol. The van der Waals surface area contributed by atoms with E-state index in [9.17, 15) is 4.39 Å². The average molecular weight is 196 g/mol. The predicted octanol–water partition coefficient (Wildman–Crippen LogP) is 2.57. The Bertz CT molecular complexity index is 304. The summed E-state index contributed by atoms with van der Waals surface area (Å²) in [5.74, 6) is 0. The Labute approximate surface area is 84.6 Å². The summed E-state index contributed by atoms with van der Waals surface area (Å²) in [6.07, 6.45) is 1.65. The highest BCUT2D eigenvalue weighted by Gasteiger charge is 2.21. The zero-order valence-electron chi connectivity index (χ0n) is 9.13. The van der Waals surface area contributed by atoms with Crippen molar-refractivity contribution in [2.45, 2.75) is 32.5 Å². The Balaban J connectivity index is 3.01. The van der Waals surface area contributed by atoms with Gasteiger partial charge in [-0.05, 0) is 45.5 Å². The van der Waals surface area contributed by atoms with Crippen LogP contribution in [-0.4, -0.2) is 12.0 Å². The van der Waals surface area contributed by atoms with Crippen molar-refractivity contribution in [3.05, 3.63) is 29.6 Å². The second-order valence-corrected chi connectivity index (χ2v) is 3.96. The van der Waals surface area contributed by atoms with Crippen LogP contribution in [0.15, 0.2) is 18.3 Å². The van der Waals surface area contributed by atoms with Crippen molar-refractivity contribution in [3.8, 4) is 0 Å². The predicted molar refractivity (Wildman–Crippen MR) is 55.8 cm³/mol. The van der Waals surface area contributed by atoms with Gasteiger partial charge in [0, 0.05) is 12.2 Å². The first-order valence-electron chi connectivity index (χ1n) is 4.77. The molecule has 0 saturated carbocycles. The molecule has 1 N–H and O–H groups in total. The first kappa shape index (κ1) is 11.1. The van der Waals surface area contributed by atoms with Crippen LogP contribution in [0.1, 0.15) is 38.1 Å². The molecule has 3 heteroatoms. The summed E-state index contributed by atoms with van der Waals surface area (Å²) in [5, 5.41) is 3.11. The summed E-state index contributed by atoms with van der Waals surface area (Å²) in [6.45, 7) is 5.07. The Hall–Kier alpha value is -0.960. The molecule has 0 aliphatic rings. The maximum atomic E-state index is 13.6. The second kappa shape index (κ2) is 4.05. The SMILES string of the molecule is CNC(C)c1ccnc(C(C)(C)F)c1. The van der Waals surface area contributed by atoms with Crippen LogP contribution >= 0.6 is 0 Å². The third kappa shape index (κ3) is 2.51. The van der Waals surface area contributed by atoms with Crippen LogP contribution < -0.4 is 5.32 Å². The fourth-order valence-corrected chi connectivity index (χ4v) is 1.21. The van der Waals surface area contributed by atoms with Gasteiger partial charge in [0.2, 0.25) is 0 Å². The lowest BCUT2D eigenvalue weighted by Crippen LogP contribution is -2.16. The number of hydrogen-bond acceptors (Lipinski definition) is 2. The molecule has 0 aliphatic carbocycles. The van der Waals surface area contributed by atoms with Gasteiger partial charge in [0.05, 0.1) is 5.69 Å². The number of nitrogens with zero attached hydrogens (tertiary/aromatic N) is 1. The summed E-state index contributed by atoms with van der Waals surface area (Å²) >= 11 is 0. The fraction of sp³-hybridized carbons (Fsp3) is 0.545. The highest BCUT2D eigenvalue weighted by Crippen LogP contribution is 2.24. The van der Waals surface area contributed by atoms with Gasteiger partial charge in [0.25, 0.3) is 0 Å². The smallest absolute Gasteiger partial charge is 0.147 e. The molecule has 0 radical (unpaired) electrons. The van der Waals surface area contributed by atoms with E-state index >= 15 is 0 Å². The van der Waals surface area contributed by atoms with Gasteiger partial charge < -0.3 is 5.32 Å². The van der Waals surface area contributed by atoms with Crippen LogP contribution in [0.3, 0.4) is 0 Å². The van der Waals surface area contributed by atoms with Crippen LogP contribution in [0.5, 0.6) is 0 Å². The van der Waals surface area contributed by atoms with Crippen LogP contribution in [0.2, 0.25) is 0 Å². The largest absolute Gasteiger partial charge is 0.313 e. The lowest BCUT2D eigenvalue weighted by molar-refractivity contribution is 0.214. The quantitative estimate of drug-likeness (QED) is 0.803. The van der Waals surface area contributed by atoms with Gasteiger partial charge in [0.1, 0.15) is 5.67 Å². The standard InChI is InChI=1S/C11H17FN2/c1-8(13-4)9-5-6-14-10(7-9)11(2,3)12/h5-8,13H,1-4H3. The van der Waals surface area contributed by atoms with E-state index in [-0.39, 0.29) is 6.04 Å². The first-order valence-corrected chi connectivity index (χ1v) is 4.77. The topological polar surface area (TPSA) is 24.9 Å². The molecule has 0 aromatic carbocycles. The molecule has 0 spiro atoms. The van der Waals surface area contributed by atoms with Crippen molar-refractivity contribution in [1.82, 2.24) is 10.3 Å². The van der Waals surface area contributed by atoms with Crippen LogP contribution in [0.4, 0.5) is 4.39 Å². The molecule has 1 unspecified atom stereocenters. The molecule has 1 rings (SSSR count). The van der Waals surface area contributed by atoms with Crippen molar-refractivity contribution < 1.29 is 4.39 Å². The second-order valence-electron chi connectivity index (χ2n) is 3.96. The Kier molecular flexibility index (Phi) is 3.21. The zero-order chi connectivity index (χ0) is 10.8. The van der Waals surface area contributed by atoms with Gasteiger partial charge in [-0.3, -0.25) is 4.98 Å². The molecule has 1 aromatic rings. The maximum Gasteiger partial charge on any atom is 0.147 e. The van der Waals surface area contributed by atoms with Crippen molar-refractivity contribution in [2.24, 2.45) is 0 Å². The molecular weight excluding hydrogens is 179 g/mol. The zero-order valence-corrected chi connectivity index (χ0v) is 9.13. The van der Waals surface area contributed by atoms with E-state index in [1.54, 1.807) is 12.3 Å². The third-order valence-corrected chi connectivity index (χ3v) is 2.33. The van der Waals surface area contributed by atoms with Gasteiger partial charge >= 0.3 is 0 Å². The molecular formula is C11H17FN2. The lowest BCUT2D eigenvalue weighted by Gasteiger charge is -2.16. The molecule has 1 aromatic heterocycles. The van der Waals surface area contributed by atoms with Crippen LogP contribution in [0, 0.1) is 0 Å². The van der Waals surface area contributed by atoms with Crippen LogP contribution in [-0.2, 0) is 5.67 Å². The minimum atomic E-state index is -1.37. The van der Waals surface area contributed by atoms with E-state index in [2.05, 4.69) is 10.3 Å². The van der Waals surface area contributed by atoms with Crippen molar-refractivity contribution >= 4 is 0 Å². The Morgan fingerprint density at radius 2 is 2.14 bits per heavy atom. The summed E-state index contributed by atoms with van der Waals surface area (Å²) in [4.78, 5) is 4.02. The van der Waals surface area contributed by atoms with E-state index in [0.29, 0.717) is 5.69 Å². The number of alkyl halides is 1. The minimum Gasteiger partial charge on any atom is -0.313 e. The summed E-state index contributed by atoms with van der Waals surface area (Å²) < 4.78 is 13.6. The van der Waals surface area contributed by atoms with Crippen molar-refractivity contribution in [3.63, 3.8) is 0 Å². The van der Waals surface area contributed by atoms with Gasteiger partial charge in [-0.25, -0.2) is 4.39 Å². The summed E-state index contributed by atoms with van der Waals surface area (Å²) in [5.41, 5.74) is 0.170. The van der Waals surface area contributed by atoms with Crippen molar-refractivity contribution in [2.75, 3.05) is 7.05 Å². The molecule has 1 atom stereocenters. The summed E-state index contributed by atoms with van der Waals surface area (Å²) in [6, 6.07) is 3.93. The number of nitrogens with one attached hydrogen (secondary N) is 1. The molecule has 2 nitrogen and oxygen atoms in total. The Morgan fingerprint density at radius 3 is 2.64 bits per heavy atom. The first-order chi connectivity index (χ1) is 6.45. The van der Waals surface area contributed by atoms with E-state index in [4.69, 9.17) is 0 Å². The molecule has 14 heavy (non-hydrogen) atoms. The van der Waals surface area contributed by atoms with Crippen LogP contribution in [0.25, 0.3) is 0 Å². The molecule has 78 valence electrons. The molecule has 0 aliphatic heterocycles. The molecule has 1 heterocycles. The lowest BCUT2D eigenvalue weighted by atomic mass is 10.0. The molecule has 0 amide bonds. The van der Waals surface area contributed by atoms with Crippen molar-refractivity contribution in [1.29, 1.82) is 0 Å². The number of halogens is 1. The van der Waals surface area contributed by atoms with Gasteiger partial charge in [0.15, 0.2) is 0 Å². The average Bonchev–Trinajstić information content (AvgIpc) is 2.15. The Morgan fingerprint density at radius 1 is 1.50 bits per heavy atom. The fourth-order valence-electron chi connectivity index (χ4n) is 1.21. The number of rotatable bonds is 3. The highest BCUT2D eigenvalue weighted by molar-refractivity contribution is 5.22. The van der Waals surface area contributed by atoms with E-state index < -0.39 is 5.67 Å².